The lowest BCUT2D eigenvalue weighted by Gasteiger charge is -2.33. The molecule has 0 aliphatic carbocycles. The zero-order valence-electron chi connectivity index (χ0n) is 13.4. The number of piperidine rings is 1. The molecular weight excluding hydrogens is 295 g/mol. The molecule has 0 radical (unpaired) electrons. The zero-order chi connectivity index (χ0) is 16.4. The fourth-order valence-electron chi connectivity index (χ4n) is 2.98. The topological polar surface area (TPSA) is 58.1 Å². The molecule has 0 unspecified atom stereocenters. The highest BCUT2D eigenvalue weighted by Gasteiger charge is 2.25. The Hall–Kier alpha value is -2.24. The molecule has 0 bridgehead atoms. The highest BCUT2D eigenvalue weighted by Crippen LogP contribution is 2.25. The van der Waals surface area contributed by atoms with Crippen LogP contribution in [0.25, 0.3) is 10.9 Å². The van der Waals surface area contributed by atoms with Crippen LogP contribution >= 0.6 is 0 Å². The van der Waals surface area contributed by atoms with Gasteiger partial charge in [-0.2, -0.15) is 0 Å². The van der Waals surface area contributed by atoms with E-state index in [1.807, 2.05) is 18.7 Å². The van der Waals surface area contributed by atoms with Crippen molar-refractivity contribution < 1.29 is 9.18 Å². The van der Waals surface area contributed by atoms with E-state index in [1.54, 1.807) is 12.1 Å². The molecule has 0 spiro atoms. The molecule has 2 heterocycles. The molecule has 1 N–H and O–H groups in total. The predicted octanol–water partition coefficient (Wildman–Crippen LogP) is 2.83. The van der Waals surface area contributed by atoms with Gasteiger partial charge in [0.1, 0.15) is 18.0 Å². The summed E-state index contributed by atoms with van der Waals surface area (Å²) in [6, 6.07) is 5.02. The van der Waals surface area contributed by atoms with Gasteiger partial charge in [0.15, 0.2) is 0 Å². The molecule has 5 nitrogen and oxygen atoms in total. The number of anilines is 1. The first kappa shape index (κ1) is 15.6. The van der Waals surface area contributed by atoms with Gasteiger partial charge in [0.2, 0.25) is 5.91 Å². The number of hydrogen-bond acceptors (Lipinski definition) is 4. The van der Waals surface area contributed by atoms with Crippen molar-refractivity contribution in [2.24, 2.45) is 5.92 Å². The molecule has 1 saturated heterocycles. The number of carbonyl (C=O) groups is 1. The van der Waals surface area contributed by atoms with Crippen molar-refractivity contribution >= 4 is 22.6 Å². The number of halogens is 1. The van der Waals surface area contributed by atoms with Crippen molar-refractivity contribution in [1.29, 1.82) is 0 Å². The number of likely N-dealkylation sites (tertiary alicyclic amines) is 1. The van der Waals surface area contributed by atoms with E-state index in [-0.39, 0.29) is 23.7 Å². The summed E-state index contributed by atoms with van der Waals surface area (Å²) in [6.45, 7) is 5.28. The van der Waals surface area contributed by atoms with Crippen LogP contribution in [0.3, 0.4) is 0 Å². The fourth-order valence-corrected chi connectivity index (χ4v) is 2.98. The number of hydrogen-bond donors (Lipinski definition) is 1. The Balaban J connectivity index is 1.71. The number of amides is 1. The van der Waals surface area contributed by atoms with Crippen LogP contribution in [-0.4, -0.2) is 39.9 Å². The van der Waals surface area contributed by atoms with E-state index in [1.165, 1.54) is 12.4 Å². The van der Waals surface area contributed by atoms with Crippen molar-refractivity contribution in [2.75, 3.05) is 18.4 Å². The number of nitrogens with one attached hydrogen (secondary N) is 1. The van der Waals surface area contributed by atoms with Crippen molar-refractivity contribution in [3.63, 3.8) is 0 Å². The Bertz CT molecular complexity index is 706. The summed E-state index contributed by atoms with van der Waals surface area (Å²) >= 11 is 0. The summed E-state index contributed by atoms with van der Waals surface area (Å²) in [5.74, 6) is 0.432. The van der Waals surface area contributed by atoms with Gasteiger partial charge >= 0.3 is 0 Å². The molecule has 0 atom stereocenters. The second-order valence-electron chi connectivity index (χ2n) is 6.25. The Kier molecular flexibility index (Phi) is 4.41. The highest BCUT2D eigenvalue weighted by molar-refractivity contribution is 5.89. The summed E-state index contributed by atoms with van der Waals surface area (Å²) < 4.78 is 14.1. The van der Waals surface area contributed by atoms with Crippen LogP contribution in [0.4, 0.5) is 10.2 Å². The van der Waals surface area contributed by atoms with Gasteiger partial charge in [0.05, 0.1) is 10.9 Å². The van der Waals surface area contributed by atoms with Crippen LogP contribution in [0.5, 0.6) is 0 Å². The summed E-state index contributed by atoms with van der Waals surface area (Å²) in [5, 5.41) is 3.75. The van der Waals surface area contributed by atoms with Crippen LogP contribution in [0, 0.1) is 11.7 Å². The minimum atomic E-state index is -0.321. The van der Waals surface area contributed by atoms with Gasteiger partial charge < -0.3 is 10.2 Å². The lowest BCUT2D eigenvalue weighted by atomic mass is 10.0. The van der Waals surface area contributed by atoms with Crippen molar-refractivity contribution in [3.8, 4) is 0 Å². The van der Waals surface area contributed by atoms with Crippen molar-refractivity contribution in [3.05, 3.63) is 30.3 Å². The van der Waals surface area contributed by atoms with Gasteiger partial charge in [-0.1, -0.05) is 19.9 Å². The third kappa shape index (κ3) is 3.25. The average Bonchev–Trinajstić information content (AvgIpc) is 2.55. The molecule has 1 amide bonds. The van der Waals surface area contributed by atoms with Gasteiger partial charge in [-0.25, -0.2) is 14.4 Å². The van der Waals surface area contributed by atoms with E-state index in [0.29, 0.717) is 16.7 Å². The van der Waals surface area contributed by atoms with Crippen molar-refractivity contribution in [2.45, 2.75) is 32.7 Å². The third-order valence-corrected chi connectivity index (χ3v) is 4.25. The largest absolute Gasteiger partial charge is 0.367 e. The number of fused-ring (bicyclic) bond motifs is 1. The lowest BCUT2D eigenvalue weighted by molar-refractivity contribution is -0.135. The Morgan fingerprint density at radius 2 is 2.04 bits per heavy atom. The van der Waals surface area contributed by atoms with E-state index in [9.17, 15) is 9.18 Å². The average molecular weight is 316 g/mol. The van der Waals surface area contributed by atoms with Crippen LogP contribution in [0.1, 0.15) is 26.7 Å². The maximum atomic E-state index is 14.1. The highest BCUT2D eigenvalue weighted by atomic mass is 19.1. The number of benzene rings is 1. The molecule has 2 aromatic rings. The monoisotopic (exact) mass is 316 g/mol. The minimum absolute atomic E-state index is 0.0272. The number of carbonyl (C=O) groups excluding carboxylic acids is 1. The van der Waals surface area contributed by atoms with Gasteiger partial charge in [0.25, 0.3) is 0 Å². The second-order valence-corrected chi connectivity index (χ2v) is 6.25. The lowest BCUT2D eigenvalue weighted by Crippen LogP contribution is -2.44. The smallest absolute Gasteiger partial charge is 0.225 e. The maximum Gasteiger partial charge on any atom is 0.225 e. The number of aromatic nitrogens is 2. The Labute approximate surface area is 134 Å². The van der Waals surface area contributed by atoms with Crippen LogP contribution in [-0.2, 0) is 4.79 Å². The van der Waals surface area contributed by atoms with E-state index < -0.39 is 0 Å². The van der Waals surface area contributed by atoms with Crippen LogP contribution in [0.2, 0.25) is 0 Å². The first-order valence-electron chi connectivity index (χ1n) is 8.01. The first-order chi connectivity index (χ1) is 11.1. The van der Waals surface area contributed by atoms with E-state index in [4.69, 9.17) is 0 Å². The summed E-state index contributed by atoms with van der Waals surface area (Å²) in [7, 11) is 0. The van der Waals surface area contributed by atoms with Gasteiger partial charge in [-0.15, -0.1) is 0 Å². The fraction of sp³-hybridized carbons (Fsp3) is 0.471. The molecule has 1 aliphatic rings. The molecule has 122 valence electrons. The Morgan fingerprint density at radius 1 is 1.30 bits per heavy atom. The molecule has 1 aromatic heterocycles. The molecule has 6 heteroatoms. The maximum absolute atomic E-state index is 14.1. The molecule has 23 heavy (non-hydrogen) atoms. The summed E-state index contributed by atoms with van der Waals surface area (Å²) in [6.07, 6.45) is 3.11. The molecule has 1 aromatic carbocycles. The van der Waals surface area contributed by atoms with Crippen LogP contribution in [0.15, 0.2) is 24.5 Å². The number of rotatable bonds is 3. The quantitative estimate of drug-likeness (QED) is 0.946. The third-order valence-electron chi connectivity index (χ3n) is 4.25. The van der Waals surface area contributed by atoms with E-state index >= 15 is 0 Å². The van der Waals surface area contributed by atoms with Crippen molar-refractivity contribution in [1.82, 2.24) is 14.9 Å². The normalized spacial score (nSPS) is 16.1. The summed E-state index contributed by atoms with van der Waals surface area (Å²) in [4.78, 5) is 22.2. The van der Waals surface area contributed by atoms with E-state index in [2.05, 4.69) is 15.3 Å². The number of nitrogens with zero attached hydrogens (tertiary/aromatic N) is 3. The van der Waals surface area contributed by atoms with Gasteiger partial charge in [0, 0.05) is 25.0 Å². The van der Waals surface area contributed by atoms with Gasteiger partial charge in [-0.05, 0) is 25.0 Å². The molecule has 0 saturated carbocycles. The second kappa shape index (κ2) is 6.48. The molecule has 1 fully saturated rings. The van der Waals surface area contributed by atoms with Gasteiger partial charge in [-0.3, -0.25) is 4.79 Å². The molecule has 3 rings (SSSR count). The summed E-state index contributed by atoms with van der Waals surface area (Å²) in [5.41, 5.74) is 0.593. The standard InChI is InChI=1S/C17H21FN4O/c1-11(2)17(23)22-8-6-12(7-9-22)21-16-15-13(18)4-3-5-14(15)19-10-20-16/h3-5,10-12H,6-9H2,1-2H3,(H,19,20,21). The van der Waals surface area contributed by atoms with E-state index in [0.717, 1.165) is 25.9 Å². The first-order valence-corrected chi connectivity index (χ1v) is 8.01. The minimum Gasteiger partial charge on any atom is -0.367 e. The predicted molar refractivity (Wildman–Crippen MR) is 87.6 cm³/mol. The van der Waals surface area contributed by atoms with Crippen LogP contribution < -0.4 is 5.32 Å². The molecule has 1 aliphatic heterocycles. The SMILES string of the molecule is CC(C)C(=O)N1CCC(Nc2ncnc3cccc(F)c23)CC1. The zero-order valence-corrected chi connectivity index (χ0v) is 13.4. The Morgan fingerprint density at radius 3 is 2.74 bits per heavy atom. The molecular formula is C17H21FN4O.